The molecule has 0 heterocycles. The summed E-state index contributed by atoms with van der Waals surface area (Å²) in [6.07, 6.45) is 0.889. The molecule has 7 nitrogen and oxygen atoms in total. The molecule has 1 aromatic carbocycles. The van der Waals surface area contributed by atoms with Gasteiger partial charge >= 0.3 is 0 Å². The van der Waals surface area contributed by atoms with Crippen LogP contribution in [0.5, 0.6) is 0 Å². The second kappa shape index (κ2) is 4.12. The summed E-state index contributed by atoms with van der Waals surface area (Å²) in [5.74, 6) is 1.40. The van der Waals surface area contributed by atoms with Crippen LogP contribution in [0.15, 0.2) is 18.2 Å². The molecule has 0 aliphatic heterocycles. The molecular formula is C8H4N2O5. The lowest BCUT2D eigenvalue weighted by molar-refractivity contribution is -0.394. The quantitative estimate of drug-likeness (QED) is 0.423. The van der Waals surface area contributed by atoms with Gasteiger partial charge < -0.3 is 0 Å². The molecule has 0 spiro atoms. The minimum Gasteiger partial charge on any atom is -0.258 e. The van der Waals surface area contributed by atoms with Gasteiger partial charge in [0.1, 0.15) is 5.94 Å². The summed E-state index contributed by atoms with van der Waals surface area (Å²) in [6.45, 7) is 0. The Morgan fingerprint density at radius 3 is 1.87 bits per heavy atom. The first-order valence-corrected chi connectivity index (χ1v) is 3.69. The number of nitro groups is 2. The van der Waals surface area contributed by atoms with E-state index < -0.39 is 21.2 Å². The molecule has 0 radical (unpaired) electrons. The fourth-order valence-electron chi connectivity index (χ4n) is 0.980. The van der Waals surface area contributed by atoms with E-state index in [-0.39, 0.29) is 5.56 Å². The first-order chi connectivity index (χ1) is 7.04. The monoisotopic (exact) mass is 208 g/mol. The van der Waals surface area contributed by atoms with Crippen LogP contribution in [0.25, 0.3) is 6.08 Å². The van der Waals surface area contributed by atoms with Gasteiger partial charge in [-0.3, -0.25) is 20.2 Å². The zero-order valence-electron chi connectivity index (χ0n) is 7.25. The number of nitrogens with zero attached hydrogens (tertiary/aromatic N) is 2. The van der Waals surface area contributed by atoms with E-state index >= 15 is 0 Å². The van der Waals surface area contributed by atoms with Crippen molar-refractivity contribution in [1.82, 2.24) is 0 Å². The van der Waals surface area contributed by atoms with Crippen LogP contribution in [0.3, 0.4) is 0 Å². The van der Waals surface area contributed by atoms with Crippen molar-refractivity contribution in [3.8, 4) is 0 Å². The molecule has 76 valence electrons. The molecule has 0 N–H and O–H groups in total. The average Bonchev–Trinajstić information content (AvgIpc) is 2.17. The molecule has 0 fully saturated rings. The molecule has 0 aliphatic rings. The Kier molecular flexibility index (Phi) is 2.90. The van der Waals surface area contributed by atoms with Crippen molar-refractivity contribution in [2.24, 2.45) is 0 Å². The molecule has 0 saturated carbocycles. The SMILES string of the molecule is O=C=Cc1cc([N+](=O)[O-])cc([N+](=O)[O-])c1. The number of non-ortho nitro benzene ring substituents is 2. The topological polar surface area (TPSA) is 103 Å². The number of benzene rings is 1. The third-order valence-corrected chi connectivity index (χ3v) is 1.57. The van der Waals surface area contributed by atoms with E-state index in [1.165, 1.54) is 5.94 Å². The molecule has 0 amide bonds. The number of nitro benzene ring substituents is 2. The molecule has 1 aromatic rings. The van der Waals surface area contributed by atoms with Crippen molar-refractivity contribution < 1.29 is 14.6 Å². The van der Waals surface area contributed by atoms with E-state index in [9.17, 15) is 25.0 Å². The molecule has 0 aliphatic carbocycles. The van der Waals surface area contributed by atoms with Gasteiger partial charge in [0, 0.05) is 18.2 Å². The molecule has 0 bridgehead atoms. The highest BCUT2D eigenvalue weighted by molar-refractivity contribution is 5.76. The van der Waals surface area contributed by atoms with Gasteiger partial charge in [-0.1, -0.05) is 0 Å². The summed E-state index contributed by atoms with van der Waals surface area (Å²) < 4.78 is 0. The lowest BCUT2D eigenvalue weighted by Gasteiger charge is -1.94. The van der Waals surface area contributed by atoms with Gasteiger partial charge in [-0.05, 0) is 5.56 Å². The summed E-state index contributed by atoms with van der Waals surface area (Å²) in [6, 6.07) is 2.93. The van der Waals surface area contributed by atoms with Gasteiger partial charge in [-0.2, -0.15) is 0 Å². The summed E-state index contributed by atoms with van der Waals surface area (Å²) in [5.41, 5.74) is -0.803. The number of hydrogen-bond acceptors (Lipinski definition) is 5. The van der Waals surface area contributed by atoms with Crippen LogP contribution in [-0.2, 0) is 4.79 Å². The zero-order valence-corrected chi connectivity index (χ0v) is 7.25. The van der Waals surface area contributed by atoms with E-state index in [1.807, 2.05) is 0 Å². The molecule has 0 saturated heterocycles. The Balaban J connectivity index is 3.38. The highest BCUT2D eigenvalue weighted by atomic mass is 16.6. The van der Waals surface area contributed by atoms with Crippen LogP contribution in [0, 0.1) is 20.2 Å². The van der Waals surface area contributed by atoms with Crippen molar-refractivity contribution >= 4 is 23.4 Å². The lowest BCUT2D eigenvalue weighted by atomic mass is 10.2. The Labute approximate surface area is 82.9 Å². The van der Waals surface area contributed by atoms with E-state index in [2.05, 4.69) is 0 Å². The van der Waals surface area contributed by atoms with Crippen molar-refractivity contribution in [3.63, 3.8) is 0 Å². The maximum Gasteiger partial charge on any atom is 0.276 e. The highest BCUT2D eigenvalue weighted by Gasteiger charge is 2.15. The molecule has 15 heavy (non-hydrogen) atoms. The van der Waals surface area contributed by atoms with E-state index in [1.54, 1.807) is 0 Å². The Morgan fingerprint density at radius 2 is 1.53 bits per heavy atom. The van der Waals surface area contributed by atoms with E-state index in [0.29, 0.717) is 0 Å². The van der Waals surface area contributed by atoms with Gasteiger partial charge in [0.2, 0.25) is 0 Å². The predicted molar refractivity (Wildman–Crippen MR) is 49.9 cm³/mol. The Morgan fingerprint density at radius 1 is 1.07 bits per heavy atom. The van der Waals surface area contributed by atoms with Crippen LogP contribution < -0.4 is 0 Å². The number of rotatable bonds is 3. The zero-order chi connectivity index (χ0) is 11.4. The van der Waals surface area contributed by atoms with Crippen LogP contribution in [0.1, 0.15) is 5.56 Å². The van der Waals surface area contributed by atoms with Crippen molar-refractivity contribution in [3.05, 3.63) is 44.0 Å². The molecule has 7 heteroatoms. The van der Waals surface area contributed by atoms with Gasteiger partial charge in [-0.25, -0.2) is 4.79 Å². The predicted octanol–water partition coefficient (Wildman–Crippen LogP) is 1.35. The van der Waals surface area contributed by atoms with Crippen molar-refractivity contribution in [1.29, 1.82) is 0 Å². The minimum atomic E-state index is -0.769. The molecular weight excluding hydrogens is 204 g/mol. The third kappa shape index (κ3) is 2.45. The van der Waals surface area contributed by atoms with Crippen molar-refractivity contribution in [2.45, 2.75) is 0 Å². The highest BCUT2D eigenvalue weighted by Crippen LogP contribution is 2.22. The van der Waals surface area contributed by atoms with Crippen LogP contribution >= 0.6 is 0 Å². The Bertz CT molecular complexity index is 413. The summed E-state index contributed by atoms with van der Waals surface area (Å²) in [5, 5.41) is 20.8. The normalized spacial score (nSPS) is 9.07. The molecule has 0 unspecified atom stereocenters. The third-order valence-electron chi connectivity index (χ3n) is 1.57. The van der Waals surface area contributed by atoms with Gasteiger partial charge in [0.05, 0.1) is 15.9 Å². The van der Waals surface area contributed by atoms with Crippen molar-refractivity contribution in [2.75, 3.05) is 0 Å². The van der Waals surface area contributed by atoms with Gasteiger partial charge in [0.15, 0.2) is 0 Å². The van der Waals surface area contributed by atoms with Crippen LogP contribution in [0.2, 0.25) is 0 Å². The fraction of sp³-hybridized carbons (Fsp3) is 0. The standard InChI is InChI=1S/C8H4N2O5/c11-2-1-6-3-7(9(12)13)5-8(4-6)10(14)15/h1,3-5H. The van der Waals surface area contributed by atoms with E-state index in [4.69, 9.17) is 0 Å². The largest absolute Gasteiger partial charge is 0.276 e. The fourth-order valence-corrected chi connectivity index (χ4v) is 0.980. The maximum atomic E-state index is 10.4. The number of hydrogen-bond donors (Lipinski definition) is 0. The van der Waals surface area contributed by atoms with Crippen LogP contribution in [-0.4, -0.2) is 15.8 Å². The maximum absolute atomic E-state index is 10.4. The molecule has 0 aromatic heterocycles. The minimum absolute atomic E-state index is 0.0749. The molecule has 1 rings (SSSR count). The average molecular weight is 208 g/mol. The van der Waals surface area contributed by atoms with Gasteiger partial charge in [-0.15, -0.1) is 0 Å². The second-order valence-corrected chi connectivity index (χ2v) is 2.56. The first-order valence-electron chi connectivity index (χ1n) is 3.69. The van der Waals surface area contributed by atoms with Crippen LogP contribution in [0.4, 0.5) is 11.4 Å². The summed E-state index contributed by atoms with van der Waals surface area (Å²) in [7, 11) is 0. The lowest BCUT2D eigenvalue weighted by Crippen LogP contribution is -1.93. The first kappa shape index (κ1) is 10.6. The molecule has 0 atom stereocenters. The summed E-state index contributed by atoms with van der Waals surface area (Å²) in [4.78, 5) is 29.3. The van der Waals surface area contributed by atoms with E-state index in [0.717, 1.165) is 24.3 Å². The second-order valence-electron chi connectivity index (χ2n) is 2.56. The van der Waals surface area contributed by atoms with Gasteiger partial charge in [0.25, 0.3) is 11.4 Å². The smallest absolute Gasteiger partial charge is 0.258 e. The Hall–Kier alpha value is -2.53. The number of carbonyl (C=O) groups excluding carboxylic acids is 1. The summed E-state index contributed by atoms with van der Waals surface area (Å²) >= 11 is 0.